The van der Waals surface area contributed by atoms with Gasteiger partial charge in [-0.2, -0.15) is 12.6 Å². The Morgan fingerprint density at radius 2 is 0.792 bits per heavy atom. The molecule has 53 heavy (non-hydrogen) atoms. The number of hydrogen-bond donors (Lipinski definition) is 3. The van der Waals surface area contributed by atoms with Gasteiger partial charge in [0.05, 0.1) is 9.49 Å². The number of hydrogen-bond acceptors (Lipinski definition) is 5. The molecule has 0 spiro atoms. The van der Waals surface area contributed by atoms with Crippen LogP contribution in [0.5, 0.6) is 0 Å². The van der Waals surface area contributed by atoms with Crippen molar-refractivity contribution in [1.82, 2.24) is 10.6 Å². The molecule has 1 atom stereocenters. The third-order valence-electron chi connectivity index (χ3n) is 9.28. The highest BCUT2D eigenvalue weighted by atomic mass is 32.2. The fourth-order valence-corrected chi connectivity index (χ4v) is 9.97. The van der Waals surface area contributed by atoms with Crippen LogP contribution >= 0.6 is 36.2 Å². The van der Waals surface area contributed by atoms with Crippen LogP contribution in [0.15, 0.2) is 182 Å². The quantitative estimate of drug-likeness (QED) is 0.0494. The molecule has 0 fully saturated rings. The standard InChI is InChI=1S/C46H44N2O2S3/c49-43(31-33-52-45(36-19-7-1-8-20-36,37-21-9-2-10-22-37)38-23-11-3-12-24-38)48-42(35-51)44(50)47-32-34-53-46(39-25-13-4-14-26-39,40-27-15-5-16-28-40)41-29-17-6-18-30-41/h1-30,42,51H,31-35H2,(H,47,50)(H,48,49). The Labute approximate surface area is 327 Å². The lowest BCUT2D eigenvalue weighted by atomic mass is 9.84. The molecule has 0 radical (unpaired) electrons. The van der Waals surface area contributed by atoms with Crippen LogP contribution in [0.4, 0.5) is 0 Å². The Hall–Kier alpha value is -4.69. The van der Waals surface area contributed by atoms with Crippen molar-refractivity contribution in [2.75, 3.05) is 23.8 Å². The average Bonchev–Trinajstić information content (AvgIpc) is 3.23. The van der Waals surface area contributed by atoms with Crippen molar-refractivity contribution >= 4 is 48.0 Å². The lowest BCUT2D eigenvalue weighted by Crippen LogP contribution is -2.48. The summed E-state index contributed by atoms with van der Waals surface area (Å²) in [5.41, 5.74) is 6.94. The van der Waals surface area contributed by atoms with E-state index in [2.05, 4.69) is 169 Å². The first kappa shape index (κ1) is 38.0. The van der Waals surface area contributed by atoms with Crippen molar-refractivity contribution < 1.29 is 9.59 Å². The minimum atomic E-state index is -0.745. The maximum Gasteiger partial charge on any atom is 0.243 e. The average molecular weight is 753 g/mol. The molecule has 0 aliphatic rings. The van der Waals surface area contributed by atoms with E-state index in [1.807, 2.05) is 36.4 Å². The second-order valence-corrected chi connectivity index (χ2v) is 15.6. The van der Waals surface area contributed by atoms with Crippen LogP contribution in [0, 0.1) is 0 Å². The molecule has 2 amide bonds. The number of thiol groups is 1. The number of amides is 2. The molecule has 6 aromatic carbocycles. The summed E-state index contributed by atoms with van der Waals surface area (Å²) in [6.07, 6.45) is 0.250. The van der Waals surface area contributed by atoms with E-state index in [0.29, 0.717) is 18.1 Å². The highest BCUT2D eigenvalue weighted by molar-refractivity contribution is 8.00. The van der Waals surface area contributed by atoms with Gasteiger partial charge in [0, 0.05) is 30.2 Å². The highest BCUT2D eigenvalue weighted by Crippen LogP contribution is 2.49. The first-order valence-electron chi connectivity index (χ1n) is 17.9. The largest absolute Gasteiger partial charge is 0.353 e. The monoisotopic (exact) mass is 752 g/mol. The molecule has 6 aromatic rings. The van der Waals surface area contributed by atoms with Gasteiger partial charge in [-0.3, -0.25) is 9.59 Å². The Kier molecular flexibility index (Phi) is 13.6. The third-order valence-corrected chi connectivity index (χ3v) is 12.7. The summed E-state index contributed by atoms with van der Waals surface area (Å²) in [4.78, 5) is 26.8. The predicted octanol–water partition coefficient (Wildman–Crippen LogP) is 9.36. The molecule has 4 nitrogen and oxygen atoms in total. The van der Waals surface area contributed by atoms with Crippen molar-refractivity contribution in [3.63, 3.8) is 0 Å². The van der Waals surface area contributed by atoms with Crippen LogP contribution < -0.4 is 10.6 Å². The Bertz CT molecular complexity index is 1810. The number of nitrogens with one attached hydrogen (secondary N) is 2. The van der Waals surface area contributed by atoms with Gasteiger partial charge in [0.25, 0.3) is 0 Å². The fourth-order valence-electron chi connectivity index (χ4n) is 6.80. The van der Waals surface area contributed by atoms with Gasteiger partial charge < -0.3 is 10.6 Å². The summed E-state index contributed by atoms with van der Waals surface area (Å²) in [5, 5.41) is 6.04. The lowest BCUT2D eigenvalue weighted by molar-refractivity contribution is -0.128. The van der Waals surface area contributed by atoms with E-state index >= 15 is 0 Å². The summed E-state index contributed by atoms with van der Waals surface area (Å²) in [7, 11) is 0. The summed E-state index contributed by atoms with van der Waals surface area (Å²) in [6, 6.07) is 62.1. The molecule has 1 unspecified atom stereocenters. The van der Waals surface area contributed by atoms with Crippen LogP contribution in [-0.2, 0) is 19.1 Å². The second-order valence-electron chi connectivity index (χ2n) is 12.6. The van der Waals surface area contributed by atoms with Crippen LogP contribution in [0.3, 0.4) is 0 Å². The normalized spacial score (nSPS) is 12.1. The zero-order valence-electron chi connectivity index (χ0n) is 29.5. The minimum Gasteiger partial charge on any atom is -0.353 e. The summed E-state index contributed by atoms with van der Waals surface area (Å²) >= 11 is 7.98. The topological polar surface area (TPSA) is 58.2 Å². The van der Waals surface area contributed by atoms with Crippen LogP contribution in [0.25, 0.3) is 0 Å². The van der Waals surface area contributed by atoms with E-state index in [-0.39, 0.29) is 24.0 Å². The van der Waals surface area contributed by atoms with Crippen molar-refractivity contribution in [2.24, 2.45) is 0 Å². The second kappa shape index (κ2) is 18.9. The molecule has 0 heterocycles. The van der Waals surface area contributed by atoms with Gasteiger partial charge >= 0.3 is 0 Å². The maximum absolute atomic E-state index is 13.4. The molecule has 268 valence electrons. The van der Waals surface area contributed by atoms with Crippen LogP contribution in [0.1, 0.15) is 39.8 Å². The van der Waals surface area contributed by atoms with E-state index in [1.54, 1.807) is 23.5 Å². The Balaban J connectivity index is 1.11. The highest BCUT2D eigenvalue weighted by Gasteiger charge is 2.38. The van der Waals surface area contributed by atoms with Gasteiger partial charge in [-0.05, 0) is 33.4 Å². The Morgan fingerprint density at radius 3 is 1.09 bits per heavy atom. The molecule has 0 saturated heterocycles. The van der Waals surface area contributed by atoms with Gasteiger partial charge in [-0.1, -0.05) is 182 Å². The SMILES string of the molecule is O=C(CCSC(c1ccccc1)(c1ccccc1)c1ccccc1)NC(CS)C(=O)NCCSC(c1ccccc1)(c1ccccc1)c1ccccc1. The van der Waals surface area contributed by atoms with Crippen LogP contribution in [-0.4, -0.2) is 41.7 Å². The van der Waals surface area contributed by atoms with Crippen molar-refractivity contribution in [2.45, 2.75) is 22.0 Å². The molecule has 0 aliphatic heterocycles. The zero-order chi connectivity index (χ0) is 36.8. The van der Waals surface area contributed by atoms with Crippen molar-refractivity contribution in [3.05, 3.63) is 215 Å². The van der Waals surface area contributed by atoms with Gasteiger partial charge in [-0.25, -0.2) is 0 Å². The Morgan fingerprint density at radius 1 is 0.491 bits per heavy atom. The first-order chi connectivity index (χ1) is 26.1. The number of carbonyl (C=O) groups is 2. The minimum absolute atomic E-state index is 0.180. The number of carbonyl (C=O) groups excluding carboxylic acids is 2. The maximum atomic E-state index is 13.4. The number of thioether (sulfide) groups is 2. The van der Waals surface area contributed by atoms with E-state index in [9.17, 15) is 9.59 Å². The molecule has 0 aliphatic carbocycles. The molecule has 7 heteroatoms. The molecule has 0 bridgehead atoms. The molecule has 0 saturated carbocycles. The van der Waals surface area contributed by atoms with E-state index in [4.69, 9.17) is 0 Å². The summed E-state index contributed by atoms with van der Waals surface area (Å²) in [5.74, 6) is 0.971. The lowest BCUT2D eigenvalue weighted by Gasteiger charge is -2.35. The zero-order valence-corrected chi connectivity index (χ0v) is 32.0. The number of rotatable bonds is 17. The van der Waals surface area contributed by atoms with E-state index in [0.717, 1.165) is 16.7 Å². The summed E-state index contributed by atoms with van der Waals surface area (Å²) in [6.45, 7) is 0.432. The van der Waals surface area contributed by atoms with Gasteiger partial charge in [0.2, 0.25) is 11.8 Å². The molecular formula is C46H44N2O2S3. The summed E-state index contributed by atoms with van der Waals surface area (Å²) < 4.78 is -0.992. The van der Waals surface area contributed by atoms with E-state index < -0.39 is 15.5 Å². The van der Waals surface area contributed by atoms with Crippen LogP contribution in [0.2, 0.25) is 0 Å². The first-order valence-corrected chi connectivity index (χ1v) is 20.5. The van der Waals surface area contributed by atoms with Gasteiger partial charge in [0.1, 0.15) is 6.04 Å². The smallest absolute Gasteiger partial charge is 0.243 e. The number of benzene rings is 6. The fraction of sp³-hybridized carbons (Fsp3) is 0.174. The molecule has 0 aromatic heterocycles. The predicted molar refractivity (Wildman–Crippen MR) is 227 cm³/mol. The molecule has 6 rings (SSSR count). The van der Waals surface area contributed by atoms with E-state index in [1.165, 1.54) is 16.7 Å². The van der Waals surface area contributed by atoms with Crippen molar-refractivity contribution in [3.8, 4) is 0 Å². The molecule has 2 N–H and O–H groups in total. The van der Waals surface area contributed by atoms with Gasteiger partial charge in [-0.15, -0.1) is 23.5 Å². The van der Waals surface area contributed by atoms with Crippen molar-refractivity contribution in [1.29, 1.82) is 0 Å². The third kappa shape index (κ3) is 8.93. The molecular weight excluding hydrogens is 709 g/mol. The van der Waals surface area contributed by atoms with Gasteiger partial charge in [0.15, 0.2) is 0 Å².